The van der Waals surface area contributed by atoms with Gasteiger partial charge in [-0.15, -0.1) is 11.8 Å². The zero-order valence-corrected chi connectivity index (χ0v) is 14.2. The van der Waals surface area contributed by atoms with Crippen molar-refractivity contribution in [3.05, 3.63) is 65.7 Å². The summed E-state index contributed by atoms with van der Waals surface area (Å²) in [7, 11) is 2.06. The fraction of sp³-hybridized carbons (Fsp3) is 0.368. The minimum atomic E-state index is 0.358. The number of nitrogens with one attached hydrogen (secondary N) is 1. The molecule has 0 amide bonds. The highest BCUT2D eigenvalue weighted by Crippen LogP contribution is 2.36. The summed E-state index contributed by atoms with van der Waals surface area (Å²) in [6.07, 6.45) is 0. The van der Waals surface area contributed by atoms with Crippen LogP contribution in [0.1, 0.15) is 31.0 Å². The van der Waals surface area contributed by atoms with Gasteiger partial charge in [0.05, 0.1) is 0 Å². The van der Waals surface area contributed by atoms with Gasteiger partial charge in [-0.1, -0.05) is 61.9 Å². The molecule has 21 heavy (non-hydrogen) atoms. The van der Waals surface area contributed by atoms with Crippen LogP contribution < -0.4 is 5.32 Å². The maximum atomic E-state index is 3.51. The lowest BCUT2D eigenvalue weighted by atomic mass is 9.96. The second-order valence-corrected chi connectivity index (χ2v) is 7.07. The zero-order valence-electron chi connectivity index (χ0n) is 13.3. The van der Waals surface area contributed by atoms with Crippen LogP contribution in [-0.2, 0) is 0 Å². The first-order valence-electron chi connectivity index (χ1n) is 7.57. The molecule has 2 heteroatoms. The largest absolute Gasteiger partial charge is 0.312 e. The average molecular weight is 299 g/mol. The molecule has 2 aromatic carbocycles. The first kappa shape index (κ1) is 16.1. The van der Waals surface area contributed by atoms with Gasteiger partial charge < -0.3 is 5.32 Å². The van der Waals surface area contributed by atoms with Gasteiger partial charge in [-0.2, -0.15) is 0 Å². The van der Waals surface area contributed by atoms with Crippen molar-refractivity contribution in [3.63, 3.8) is 0 Å². The molecule has 2 rings (SSSR count). The summed E-state index contributed by atoms with van der Waals surface area (Å²) in [5, 5.41) is 4.01. The molecule has 0 saturated heterocycles. The van der Waals surface area contributed by atoms with Crippen molar-refractivity contribution in [2.24, 2.45) is 5.92 Å². The van der Waals surface area contributed by atoms with E-state index in [1.165, 1.54) is 16.0 Å². The summed E-state index contributed by atoms with van der Waals surface area (Å²) in [6, 6.07) is 19.9. The molecule has 0 aliphatic carbocycles. The third-order valence-electron chi connectivity index (χ3n) is 3.72. The van der Waals surface area contributed by atoms with Gasteiger partial charge in [0.2, 0.25) is 0 Å². The Morgan fingerprint density at radius 2 is 1.67 bits per heavy atom. The molecule has 112 valence electrons. The molecule has 0 aliphatic heterocycles. The van der Waals surface area contributed by atoms with Gasteiger partial charge in [0, 0.05) is 16.2 Å². The van der Waals surface area contributed by atoms with Crippen LogP contribution in [0, 0.1) is 12.8 Å². The molecular weight excluding hydrogens is 274 g/mol. The van der Waals surface area contributed by atoms with E-state index >= 15 is 0 Å². The highest BCUT2D eigenvalue weighted by atomic mass is 32.2. The molecule has 2 aromatic rings. The van der Waals surface area contributed by atoms with E-state index in [0.717, 1.165) is 0 Å². The fourth-order valence-corrected chi connectivity index (χ4v) is 4.04. The summed E-state index contributed by atoms with van der Waals surface area (Å²) < 4.78 is 0. The summed E-state index contributed by atoms with van der Waals surface area (Å²) in [5.74, 6) is 0.591. The highest BCUT2D eigenvalue weighted by Gasteiger charge is 2.25. The van der Waals surface area contributed by atoms with Crippen LogP contribution in [-0.4, -0.2) is 12.3 Å². The molecule has 1 nitrogen and oxygen atoms in total. The molecule has 0 bridgehead atoms. The van der Waals surface area contributed by atoms with E-state index in [2.05, 4.69) is 87.7 Å². The SMILES string of the molecule is CNC(c1ccccc1)C(Sc1cccc(C)c1)C(C)C. The van der Waals surface area contributed by atoms with Crippen molar-refractivity contribution in [1.82, 2.24) is 5.32 Å². The molecule has 2 unspecified atom stereocenters. The smallest absolute Gasteiger partial charge is 0.0444 e. The first-order chi connectivity index (χ1) is 10.1. The Hall–Kier alpha value is -1.25. The van der Waals surface area contributed by atoms with Gasteiger partial charge in [-0.25, -0.2) is 0 Å². The van der Waals surface area contributed by atoms with Gasteiger partial charge in [-0.05, 0) is 37.6 Å². The molecule has 0 spiro atoms. The Morgan fingerprint density at radius 1 is 0.952 bits per heavy atom. The molecule has 0 aromatic heterocycles. The first-order valence-corrected chi connectivity index (χ1v) is 8.45. The number of aryl methyl sites for hydroxylation is 1. The minimum absolute atomic E-state index is 0.358. The van der Waals surface area contributed by atoms with Crippen molar-refractivity contribution in [3.8, 4) is 0 Å². The van der Waals surface area contributed by atoms with E-state index < -0.39 is 0 Å². The second kappa shape index (κ2) is 7.67. The number of hydrogen-bond donors (Lipinski definition) is 1. The van der Waals surface area contributed by atoms with Crippen LogP contribution in [0.5, 0.6) is 0 Å². The van der Waals surface area contributed by atoms with Crippen molar-refractivity contribution in [2.75, 3.05) is 7.05 Å². The van der Waals surface area contributed by atoms with E-state index in [9.17, 15) is 0 Å². The summed E-state index contributed by atoms with van der Waals surface area (Å²) in [6.45, 7) is 6.77. The van der Waals surface area contributed by atoms with Gasteiger partial charge in [0.25, 0.3) is 0 Å². The lowest BCUT2D eigenvalue weighted by Gasteiger charge is -2.30. The van der Waals surface area contributed by atoms with Crippen molar-refractivity contribution >= 4 is 11.8 Å². The average Bonchev–Trinajstić information content (AvgIpc) is 2.48. The quantitative estimate of drug-likeness (QED) is 0.747. The number of benzene rings is 2. The van der Waals surface area contributed by atoms with E-state index in [0.29, 0.717) is 17.2 Å². The third kappa shape index (κ3) is 4.36. The lowest BCUT2D eigenvalue weighted by molar-refractivity contribution is 0.472. The molecule has 0 heterocycles. The monoisotopic (exact) mass is 299 g/mol. The van der Waals surface area contributed by atoms with Crippen LogP contribution in [0.4, 0.5) is 0 Å². The van der Waals surface area contributed by atoms with Crippen LogP contribution in [0.3, 0.4) is 0 Å². The Morgan fingerprint density at radius 3 is 2.24 bits per heavy atom. The molecule has 2 atom stereocenters. The Balaban J connectivity index is 2.25. The summed E-state index contributed by atoms with van der Waals surface area (Å²) in [4.78, 5) is 1.35. The molecular formula is C19H25NS. The van der Waals surface area contributed by atoms with Crippen LogP contribution in [0.25, 0.3) is 0 Å². The maximum Gasteiger partial charge on any atom is 0.0444 e. The second-order valence-electron chi connectivity index (χ2n) is 5.82. The van der Waals surface area contributed by atoms with Crippen molar-refractivity contribution < 1.29 is 0 Å². The predicted octanol–water partition coefficient (Wildman–Crippen LogP) is 5.07. The van der Waals surface area contributed by atoms with Gasteiger partial charge in [0.1, 0.15) is 0 Å². The third-order valence-corrected chi connectivity index (χ3v) is 5.33. The van der Waals surface area contributed by atoms with E-state index in [4.69, 9.17) is 0 Å². The Labute approximate surface area is 133 Å². The van der Waals surface area contributed by atoms with Gasteiger partial charge in [-0.3, -0.25) is 0 Å². The molecule has 0 saturated carbocycles. The highest BCUT2D eigenvalue weighted by molar-refractivity contribution is 8.00. The normalized spacial score (nSPS) is 14.1. The fourth-order valence-electron chi connectivity index (χ4n) is 2.62. The maximum absolute atomic E-state index is 3.51. The van der Waals surface area contributed by atoms with Crippen LogP contribution in [0.15, 0.2) is 59.5 Å². The van der Waals surface area contributed by atoms with E-state index in [1.807, 2.05) is 11.8 Å². The van der Waals surface area contributed by atoms with E-state index in [1.54, 1.807) is 0 Å². The van der Waals surface area contributed by atoms with Crippen molar-refractivity contribution in [1.29, 1.82) is 0 Å². The zero-order chi connectivity index (χ0) is 15.2. The Bertz CT molecular complexity index is 551. The number of thioether (sulfide) groups is 1. The Kier molecular flexibility index (Phi) is 5.89. The topological polar surface area (TPSA) is 12.0 Å². The van der Waals surface area contributed by atoms with Gasteiger partial charge >= 0.3 is 0 Å². The van der Waals surface area contributed by atoms with Crippen LogP contribution in [0.2, 0.25) is 0 Å². The van der Waals surface area contributed by atoms with Crippen molar-refractivity contribution in [2.45, 2.75) is 37.0 Å². The molecule has 0 aliphatic rings. The van der Waals surface area contributed by atoms with E-state index in [-0.39, 0.29) is 0 Å². The predicted molar refractivity (Wildman–Crippen MR) is 93.9 cm³/mol. The lowest BCUT2D eigenvalue weighted by Crippen LogP contribution is -2.31. The van der Waals surface area contributed by atoms with Crippen LogP contribution >= 0.6 is 11.8 Å². The van der Waals surface area contributed by atoms with Gasteiger partial charge in [0.15, 0.2) is 0 Å². The number of hydrogen-bond acceptors (Lipinski definition) is 2. The summed E-state index contributed by atoms with van der Waals surface area (Å²) in [5.41, 5.74) is 2.68. The summed E-state index contributed by atoms with van der Waals surface area (Å²) >= 11 is 1.98. The molecule has 1 N–H and O–H groups in total. The minimum Gasteiger partial charge on any atom is -0.312 e. The standard InChI is InChI=1S/C19H25NS/c1-14(2)19(21-17-12-8-9-15(3)13-17)18(20-4)16-10-6-5-7-11-16/h5-14,18-20H,1-4H3. The number of rotatable bonds is 6. The molecule has 0 fully saturated rings. The molecule has 0 radical (unpaired) electrons.